The maximum Gasteiger partial charge on any atom is 0.320 e. The van der Waals surface area contributed by atoms with E-state index in [4.69, 9.17) is 22.3 Å². The standard InChI is InChI=1S/C7H5BrO.C6H14N2O2.C6H13N/c8-7-4-2-1-3-6(7)5-9;7-4-2-1-3-5(8)6(9)10;7-6-4-2-1-3-5-6/h1-5H;5H,1-4,7-8H2,(H,9,10);6H,1-5,7H2/t;5-;/m.0./s1. The molecule has 7 N–H and O–H groups in total. The molecule has 1 atom stereocenters. The van der Waals surface area contributed by atoms with Gasteiger partial charge in [-0.15, -0.1) is 0 Å². The predicted molar refractivity (Wildman–Crippen MR) is 109 cm³/mol. The second-order valence-electron chi connectivity index (χ2n) is 6.27. The minimum atomic E-state index is -0.933. The number of nitrogens with two attached hydrogens (primary N) is 3. The number of halogens is 1. The van der Waals surface area contributed by atoms with Crippen LogP contribution in [0, 0.1) is 0 Å². The number of unbranched alkanes of at least 4 members (excludes halogenated alkanes) is 1. The van der Waals surface area contributed by atoms with Crippen LogP contribution in [0.2, 0.25) is 0 Å². The first kappa shape index (κ1) is 24.7. The first-order valence-corrected chi connectivity index (χ1v) is 9.85. The van der Waals surface area contributed by atoms with Crippen LogP contribution in [0.3, 0.4) is 0 Å². The second-order valence-corrected chi connectivity index (χ2v) is 7.12. The first-order valence-electron chi connectivity index (χ1n) is 9.06. The van der Waals surface area contributed by atoms with Gasteiger partial charge in [0.1, 0.15) is 6.04 Å². The summed E-state index contributed by atoms with van der Waals surface area (Å²) < 4.78 is 0.847. The fourth-order valence-electron chi connectivity index (χ4n) is 2.34. The van der Waals surface area contributed by atoms with E-state index in [0.717, 1.165) is 23.6 Å². The van der Waals surface area contributed by atoms with Crippen molar-refractivity contribution < 1.29 is 14.7 Å². The van der Waals surface area contributed by atoms with Gasteiger partial charge in [0.25, 0.3) is 0 Å². The molecule has 7 heteroatoms. The third-order valence-corrected chi connectivity index (χ3v) is 4.69. The van der Waals surface area contributed by atoms with Gasteiger partial charge in [-0.05, 0) is 38.3 Å². The maximum atomic E-state index is 10.2. The Bertz CT molecular complexity index is 509. The molecular formula is C19H32BrN3O3. The van der Waals surface area contributed by atoms with Gasteiger partial charge in [0.2, 0.25) is 0 Å². The third-order valence-electron chi connectivity index (χ3n) is 3.97. The van der Waals surface area contributed by atoms with Crippen molar-refractivity contribution in [3.8, 4) is 0 Å². The Labute approximate surface area is 164 Å². The zero-order chi connectivity index (χ0) is 19.8. The number of carbonyl (C=O) groups is 2. The molecule has 1 aromatic carbocycles. The Kier molecular flexibility index (Phi) is 15.2. The number of benzene rings is 1. The topological polar surface area (TPSA) is 132 Å². The molecule has 6 nitrogen and oxygen atoms in total. The number of hydrogen-bond donors (Lipinski definition) is 4. The average molecular weight is 430 g/mol. The zero-order valence-electron chi connectivity index (χ0n) is 15.3. The highest BCUT2D eigenvalue weighted by molar-refractivity contribution is 9.10. The molecule has 1 aromatic rings. The van der Waals surface area contributed by atoms with Crippen LogP contribution >= 0.6 is 15.9 Å². The Hall–Kier alpha value is -1.28. The van der Waals surface area contributed by atoms with E-state index in [9.17, 15) is 9.59 Å². The molecule has 0 heterocycles. The van der Waals surface area contributed by atoms with Crippen molar-refractivity contribution in [1.29, 1.82) is 0 Å². The van der Waals surface area contributed by atoms with Gasteiger partial charge >= 0.3 is 5.97 Å². The molecule has 1 aliphatic carbocycles. The normalized spacial score (nSPS) is 14.9. The minimum Gasteiger partial charge on any atom is -0.480 e. The van der Waals surface area contributed by atoms with Crippen molar-refractivity contribution in [3.05, 3.63) is 34.3 Å². The number of aliphatic carboxylic acids is 1. The molecular weight excluding hydrogens is 398 g/mol. The Balaban J connectivity index is 0.000000365. The minimum absolute atomic E-state index is 0.520. The highest BCUT2D eigenvalue weighted by Crippen LogP contribution is 2.14. The molecule has 0 spiro atoms. The number of rotatable bonds is 6. The molecule has 0 aliphatic heterocycles. The van der Waals surface area contributed by atoms with Crippen molar-refractivity contribution >= 4 is 28.2 Å². The molecule has 0 unspecified atom stereocenters. The second kappa shape index (κ2) is 15.9. The number of carboxylic acids is 1. The SMILES string of the molecule is NC1CCCCC1.NCCCC[C@H](N)C(=O)O.O=Cc1ccccc1Br. The summed E-state index contributed by atoms with van der Waals surface area (Å²) in [5.41, 5.74) is 16.7. The molecule has 0 radical (unpaired) electrons. The number of aldehydes is 1. The lowest BCUT2D eigenvalue weighted by Gasteiger charge is -2.15. The third kappa shape index (κ3) is 13.0. The number of hydrogen-bond acceptors (Lipinski definition) is 5. The van der Waals surface area contributed by atoms with Gasteiger partial charge in [-0.3, -0.25) is 9.59 Å². The fourth-order valence-corrected chi connectivity index (χ4v) is 2.72. The smallest absolute Gasteiger partial charge is 0.320 e. The molecule has 0 aromatic heterocycles. The fraction of sp³-hybridized carbons (Fsp3) is 0.579. The Morgan fingerprint density at radius 2 is 1.85 bits per heavy atom. The predicted octanol–water partition coefficient (Wildman–Crippen LogP) is 3.07. The van der Waals surface area contributed by atoms with Crippen LogP contribution in [0.1, 0.15) is 61.7 Å². The number of carboxylic acid groups (broad SMARTS) is 1. The molecule has 0 bridgehead atoms. The number of carbonyl (C=O) groups excluding carboxylic acids is 1. The van der Waals surface area contributed by atoms with Crippen LogP contribution in [0.4, 0.5) is 0 Å². The van der Waals surface area contributed by atoms with E-state index < -0.39 is 12.0 Å². The van der Waals surface area contributed by atoms with Crippen molar-refractivity contribution in [1.82, 2.24) is 0 Å². The lowest BCUT2D eigenvalue weighted by atomic mass is 9.97. The highest BCUT2D eigenvalue weighted by atomic mass is 79.9. The molecule has 0 amide bonds. The van der Waals surface area contributed by atoms with Gasteiger partial charge in [-0.25, -0.2) is 0 Å². The molecule has 1 aliphatic rings. The van der Waals surface area contributed by atoms with E-state index in [1.807, 2.05) is 18.2 Å². The Morgan fingerprint density at radius 1 is 1.23 bits per heavy atom. The van der Waals surface area contributed by atoms with Gasteiger partial charge < -0.3 is 22.3 Å². The zero-order valence-corrected chi connectivity index (χ0v) is 16.9. The lowest BCUT2D eigenvalue weighted by molar-refractivity contribution is -0.138. The lowest BCUT2D eigenvalue weighted by Crippen LogP contribution is -2.29. The summed E-state index contributed by atoms with van der Waals surface area (Å²) in [6.45, 7) is 0.604. The van der Waals surface area contributed by atoms with Crippen LogP contribution in [0.25, 0.3) is 0 Å². The van der Waals surface area contributed by atoms with Crippen molar-refractivity contribution in [2.75, 3.05) is 6.54 Å². The monoisotopic (exact) mass is 429 g/mol. The molecule has 1 fully saturated rings. The molecule has 2 rings (SSSR count). The van der Waals surface area contributed by atoms with E-state index in [-0.39, 0.29) is 0 Å². The van der Waals surface area contributed by atoms with Crippen LogP contribution in [-0.2, 0) is 4.79 Å². The van der Waals surface area contributed by atoms with E-state index in [1.54, 1.807) is 6.07 Å². The van der Waals surface area contributed by atoms with Gasteiger partial charge in [-0.2, -0.15) is 0 Å². The van der Waals surface area contributed by atoms with Gasteiger partial charge in [0.15, 0.2) is 6.29 Å². The maximum absolute atomic E-state index is 10.2. The van der Waals surface area contributed by atoms with Gasteiger partial charge in [0.05, 0.1) is 0 Å². The molecule has 26 heavy (non-hydrogen) atoms. The summed E-state index contributed by atoms with van der Waals surface area (Å²) in [6.07, 6.45) is 9.65. The summed E-state index contributed by atoms with van der Waals surface area (Å²) in [4.78, 5) is 20.3. The van der Waals surface area contributed by atoms with Crippen molar-refractivity contribution in [3.63, 3.8) is 0 Å². The van der Waals surface area contributed by atoms with Gasteiger partial charge in [-0.1, -0.05) is 59.8 Å². The first-order chi connectivity index (χ1) is 12.4. The van der Waals surface area contributed by atoms with Crippen LogP contribution < -0.4 is 17.2 Å². The summed E-state index contributed by atoms with van der Waals surface area (Å²) in [6, 6.07) is 7.12. The van der Waals surface area contributed by atoms with Crippen LogP contribution in [0.15, 0.2) is 28.7 Å². The quantitative estimate of drug-likeness (QED) is 0.405. The Morgan fingerprint density at radius 3 is 2.23 bits per heavy atom. The molecule has 1 saturated carbocycles. The van der Waals surface area contributed by atoms with E-state index in [2.05, 4.69) is 15.9 Å². The van der Waals surface area contributed by atoms with E-state index >= 15 is 0 Å². The van der Waals surface area contributed by atoms with Crippen molar-refractivity contribution in [2.45, 2.75) is 63.5 Å². The van der Waals surface area contributed by atoms with Crippen LogP contribution in [-0.4, -0.2) is 36.0 Å². The summed E-state index contributed by atoms with van der Waals surface area (Å²) in [7, 11) is 0. The van der Waals surface area contributed by atoms with Gasteiger partial charge in [0, 0.05) is 16.1 Å². The summed E-state index contributed by atoms with van der Waals surface area (Å²) >= 11 is 3.23. The largest absolute Gasteiger partial charge is 0.480 e. The molecule has 148 valence electrons. The van der Waals surface area contributed by atoms with Crippen LogP contribution in [0.5, 0.6) is 0 Å². The van der Waals surface area contributed by atoms with Crippen molar-refractivity contribution in [2.24, 2.45) is 17.2 Å². The van der Waals surface area contributed by atoms with E-state index in [0.29, 0.717) is 24.6 Å². The molecule has 0 saturated heterocycles. The van der Waals surface area contributed by atoms with E-state index in [1.165, 1.54) is 32.1 Å². The highest BCUT2D eigenvalue weighted by Gasteiger charge is 2.09. The summed E-state index contributed by atoms with van der Waals surface area (Å²) in [5.74, 6) is -0.933. The summed E-state index contributed by atoms with van der Waals surface area (Å²) in [5, 5.41) is 8.33. The average Bonchev–Trinajstić information content (AvgIpc) is 2.64.